The van der Waals surface area contributed by atoms with E-state index in [1.54, 1.807) is 7.11 Å². The minimum atomic E-state index is -0.181. The van der Waals surface area contributed by atoms with Crippen molar-refractivity contribution in [2.24, 2.45) is 5.92 Å². The van der Waals surface area contributed by atoms with Gasteiger partial charge < -0.3 is 9.47 Å². The van der Waals surface area contributed by atoms with Crippen LogP contribution in [0.2, 0.25) is 5.02 Å². The smallest absolute Gasteiger partial charge is 0.145 e. The van der Waals surface area contributed by atoms with Crippen molar-refractivity contribution in [3.8, 4) is 5.75 Å². The molecule has 3 nitrogen and oxygen atoms in total. The number of carbonyl (C=O) groups is 1. The molecular weight excluding hydrogens is 360 g/mol. The van der Waals surface area contributed by atoms with Crippen molar-refractivity contribution in [2.75, 3.05) is 7.11 Å². The summed E-state index contributed by atoms with van der Waals surface area (Å²) in [6, 6.07) is 9.77. The minimum Gasteiger partial charge on any atom is -0.489 e. The summed E-state index contributed by atoms with van der Waals surface area (Å²) in [5.74, 6) is 0.840. The van der Waals surface area contributed by atoms with Gasteiger partial charge in [0.1, 0.15) is 18.6 Å². The molecule has 2 atom stereocenters. The molecule has 0 bridgehead atoms. The van der Waals surface area contributed by atoms with Crippen LogP contribution in [0.3, 0.4) is 0 Å². The third kappa shape index (κ3) is 3.95. The summed E-state index contributed by atoms with van der Waals surface area (Å²) in [4.78, 5) is 11.3. The highest BCUT2D eigenvalue weighted by molar-refractivity contribution is 6.30. The lowest BCUT2D eigenvalue weighted by molar-refractivity contribution is -0.106. The number of rotatable bonds is 6. The predicted octanol–water partition coefficient (Wildman–Crippen LogP) is 5.54. The van der Waals surface area contributed by atoms with Crippen molar-refractivity contribution in [3.05, 3.63) is 75.3 Å². The Morgan fingerprint density at radius 1 is 1.33 bits per heavy atom. The van der Waals surface area contributed by atoms with Crippen LogP contribution in [0.4, 0.5) is 0 Å². The van der Waals surface area contributed by atoms with Crippen molar-refractivity contribution < 1.29 is 14.3 Å². The van der Waals surface area contributed by atoms with Gasteiger partial charge in [0.25, 0.3) is 0 Å². The normalized spacial score (nSPS) is 18.7. The molecule has 1 aliphatic carbocycles. The molecule has 0 N–H and O–H groups in total. The van der Waals surface area contributed by atoms with Crippen LogP contribution in [0.15, 0.2) is 42.5 Å². The maximum absolute atomic E-state index is 11.3. The number of ether oxygens (including phenoxy) is 2. The van der Waals surface area contributed by atoms with Gasteiger partial charge in [0.05, 0.1) is 6.10 Å². The second-order valence-corrected chi connectivity index (χ2v) is 7.56. The van der Waals surface area contributed by atoms with Crippen molar-refractivity contribution in [2.45, 2.75) is 39.4 Å². The molecule has 0 saturated heterocycles. The Morgan fingerprint density at radius 2 is 2.11 bits per heavy atom. The van der Waals surface area contributed by atoms with Crippen LogP contribution in [0, 0.1) is 19.8 Å². The largest absolute Gasteiger partial charge is 0.489 e. The van der Waals surface area contributed by atoms with E-state index >= 15 is 0 Å². The molecule has 3 rings (SSSR count). The van der Waals surface area contributed by atoms with Crippen molar-refractivity contribution in [1.29, 1.82) is 0 Å². The number of carbonyl (C=O) groups excluding carboxylic acids is 1. The first kappa shape index (κ1) is 19.7. The van der Waals surface area contributed by atoms with E-state index in [0.29, 0.717) is 17.2 Å². The second-order valence-electron chi connectivity index (χ2n) is 7.12. The lowest BCUT2D eigenvalue weighted by atomic mass is 9.75. The lowest BCUT2D eigenvalue weighted by Gasteiger charge is -2.35. The zero-order valence-electron chi connectivity index (χ0n) is 16.0. The first-order valence-corrected chi connectivity index (χ1v) is 9.51. The fourth-order valence-electron chi connectivity index (χ4n) is 4.02. The highest BCUT2D eigenvalue weighted by Gasteiger charge is 2.34. The number of hydrogen-bond donors (Lipinski definition) is 0. The fourth-order valence-corrected chi connectivity index (χ4v) is 4.23. The summed E-state index contributed by atoms with van der Waals surface area (Å²) in [6.45, 7) is 8.54. The van der Waals surface area contributed by atoms with Gasteiger partial charge in [0, 0.05) is 18.1 Å². The number of methoxy groups -OCH3 is 1. The van der Waals surface area contributed by atoms with E-state index in [-0.39, 0.29) is 12.0 Å². The molecule has 0 aromatic heterocycles. The highest BCUT2D eigenvalue weighted by atomic mass is 35.5. The molecule has 2 aromatic rings. The maximum Gasteiger partial charge on any atom is 0.145 e. The molecule has 0 aliphatic heterocycles. The Labute approximate surface area is 165 Å². The maximum atomic E-state index is 11.3. The van der Waals surface area contributed by atoms with Crippen LogP contribution in [0.5, 0.6) is 5.75 Å². The molecule has 27 heavy (non-hydrogen) atoms. The quantitative estimate of drug-likeness (QED) is 0.484. The monoisotopic (exact) mass is 384 g/mol. The Balaban J connectivity index is 1.95. The van der Waals surface area contributed by atoms with Crippen LogP contribution in [0.25, 0.3) is 0 Å². The van der Waals surface area contributed by atoms with E-state index in [1.165, 1.54) is 11.1 Å². The first-order valence-electron chi connectivity index (χ1n) is 9.13. The van der Waals surface area contributed by atoms with E-state index < -0.39 is 0 Å². The fraction of sp³-hybridized carbons (Fsp3) is 0.348. The predicted molar refractivity (Wildman–Crippen MR) is 108 cm³/mol. The molecule has 0 heterocycles. The number of fused-ring (bicyclic) bond motifs is 1. The van der Waals surface area contributed by atoms with Gasteiger partial charge in [-0.1, -0.05) is 30.3 Å². The van der Waals surface area contributed by atoms with E-state index in [1.807, 2.05) is 24.3 Å². The van der Waals surface area contributed by atoms with Gasteiger partial charge in [0.15, 0.2) is 0 Å². The molecule has 2 aromatic carbocycles. The summed E-state index contributed by atoms with van der Waals surface area (Å²) < 4.78 is 12.0. The molecular formula is C23H25ClO3. The van der Waals surface area contributed by atoms with Crippen molar-refractivity contribution in [1.82, 2.24) is 0 Å². The number of aryl methyl sites for hydroxylation is 1. The lowest BCUT2D eigenvalue weighted by Crippen LogP contribution is -2.26. The standard InChI is InChI=1S/C23H25ClO3/c1-14-10-21(27-13-17-6-5-7-18(24)11-17)16(3)22-19(14)8-9-20(15(2)12-25)23(22)26-4/h5-7,10-12,20,23H,2,8-9,13H2,1,3-4H3/t20-,23+/m0/s1. The van der Waals surface area contributed by atoms with E-state index in [2.05, 4.69) is 26.5 Å². The van der Waals surface area contributed by atoms with E-state index in [0.717, 1.165) is 41.6 Å². The Hall–Kier alpha value is -2.10. The second kappa shape index (κ2) is 8.28. The van der Waals surface area contributed by atoms with Gasteiger partial charge in [-0.05, 0) is 78.3 Å². The third-order valence-corrected chi connectivity index (χ3v) is 5.68. The average molecular weight is 385 g/mol. The molecule has 142 valence electrons. The molecule has 0 amide bonds. The Bertz CT molecular complexity index is 872. The number of benzene rings is 2. The van der Waals surface area contributed by atoms with Gasteiger partial charge in [0.2, 0.25) is 0 Å². The summed E-state index contributed by atoms with van der Waals surface area (Å²) >= 11 is 6.07. The van der Waals surface area contributed by atoms with Gasteiger partial charge in [-0.15, -0.1) is 0 Å². The van der Waals surface area contributed by atoms with Crippen molar-refractivity contribution in [3.63, 3.8) is 0 Å². The molecule has 1 aliphatic rings. The van der Waals surface area contributed by atoms with E-state index in [4.69, 9.17) is 21.1 Å². The van der Waals surface area contributed by atoms with Crippen LogP contribution < -0.4 is 4.74 Å². The zero-order valence-corrected chi connectivity index (χ0v) is 16.8. The Kier molecular flexibility index (Phi) is 6.03. The summed E-state index contributed by atoms with van der Waals surface area (Å²) in [5, 5.41) is 0.698. The summed E-state index contributed by atoms with van der Waals surface area (Å²) in [7, 11) is 1.69. The van der Waals surface area contributed by atoms with Crippen molar-refractivity contribution >= 4 is 17.9 Å². The molecule has 0 unspecified atom stereocenters. The van der Waals surface area contributed by atoms with Crippen LogP contribution >= 0.6 is 11.6 Å². The zero-order chi connectivity index (χ0) is 19.6. The molecule has 4 heteroatoms. The van der Waals surface area contributed by atoms with Crippen LogP contribution in [-0.2, 0) is 22.6 Å². The van der Waals surface area contributed by atoms with Gasteiger partial charge >= 0.3 is 0 Å². The van der Waals surface area contributed by atoms with Gasteiger partial charge in [-0.2, -0.15) is 0 Å². The number of aldehydes is 1. The van der Waals surface area contributed by atoms with Crippen LogP contribution in [-0.4, -0.2) is 13.4 Å². The molecule has 0 radical (unpaired) electrons. The average Bonchev–Trinajstić information content (AvgIpc) is 2.67. The minimum absolute atomic E-state index is 0.00119. The number of halogens is 1. The third-order valence-electron chi connectivity index (χ3n) is 5.44. The topological polar surface area (TPSA) is 35.5 Å². The molecule has 0 spiro atoms. The summed E-state index contributed by atoms with van der Waals surface area (Å²) in [5.41, 5.74) is 6.30. The van der Waals surface area contributed by atoms with Gasteiger partial charge in [-0.3, -0.25) is 4.79 Å². The highest BCUT2D eigenvalue weighted by Crippen LogP contribution is 2.45. The Morgan fingerprint density at radius 3 is 2.78 bits per heavy atom. The SMILES string of the molecule is C=C(C=O)[C@@H]1CCc2c(C)cc(OCc3cccc(Cl)c3)c(C)c2[C@@H]1OC. The number of hydrogen-bond acceptors (Lipinski definition) is 3. The molecule has 0 fully saturated rings. The van der Waals surface area contributed by atoms with Gasteiger partial charge in [-0.25, -0.2) is 0 Å². The summed E-state index contributed by atoms with van der Waals surface area (Å²) in [6.07, 6.45) is 2.45. The van der Waals surface area contributed by atoms with E-state index in [9.17, 15) is 4.79 Å². The molecule has 0 saturated carbocycles. The first-order chi connectivity index (χ1) is 13.0. The van der Waals surface area contributed by atoms with Crippen LogP contribution in [0.1, 0.15) is 40.3 Å².